The topological polar surface area (TPSA) is 70.4 Å². The Balaban J connectivity index is 2.42. The van der Waals surface area contributed by atoms with Crippen LogP contribution in [0.4, 0.5) is 4.39 Å². The molecule has 0 atom stereocenters. The summed E-state index contributed by atoms with van der Waals surface area (Å²) in [5.41, 5.74) is 0.612. The molecule has 0 amide bonds. The standard InChI is InChI=1S/C12H10FNO3S/c13-8-3-1-7(2-4-8)11-14-10(12(16)17)9(18-11)5-6-15/h1-4,15H,5-6H2,(H,16,17). The summed E-state index contributed by atoms with van der Waals surface area (Å²) in [5.74, 6) is -1.48. The minimum Gasteiger partial charge on any atom is -0.476 e. The van der Waals surface area contributed by atoms with E-state index in [1.165, 1.54) is 23.5 Å². The Kier molecular flexibility index (Phi) is 3.69. The van der Waals surface area contributed by atoms with E-state index in [4.69, 9.17) is 10.2 Å². The molecule has 2 aromatic rings. The van der Waals surface area contributed by atoms with Gasteiger partial charge < -0.3 is 10.2 Å². The van der Waals surface area contributed by atoms with Gasteiger partial charge in [0.2, 0.25) is 0 Å². The molecule has 0 saturated carbocycles. The number of halogens is 1. The molecule has 0 aliphatic carbocycles. The fraction of sp³-hybridized carbons (Fsp3) is 0.167. The predicted molar refractivity (Wildman–Crippen MR) is 65.3 cm³/mol. The molecule has 0 saturated heterocycles. The van der Waals surface area contributed by atoms with Crippen molar-refractivity contribution in [2.75, 3.05) is 6.61 Å². The summed E-state index contributed by atoms with van der Waals surface area (Å²) in [7, 11) is 0. The number of aromatic nitrogens is 1. The molecule has 18 heavy (non-hydrogen) atoms. The van der Waals surface area contributed by atoms with Gasteiger partial charge in [-0.3, -0.25) is 0 Å². The first-order valence-corrected chi connectivity index (χ1v) is 6.03. The predicted octanol–water partition coefficient (Wildman–Crippen LogP) is 2.18. The van der Waals surface area contributed by atoms with Gasteiger partial charge in [-0.2, -0.15) is 0 Å². The van der Waals surface area contributed by atoms with Gasteiger partial charge in [0, 0.05) is 23.5 Å². The lowest BCUT2D eigenvalue weighted by molar-refractivity contribution is 0.0690. The zero-order chi connectivity index (χ0) is 13.1. The second kappa shape index (κ2) is 5.24. The molecule has 2 rings (SSSR count). The maximum atomic E-state index is 12.8. The van der Waals surface area contributed by atoms with E-state index in [-0.39, 0.29) is 24.5 Å². The second-order valence-corrected chi connectivity index (χ2v) is 4.66. The number of rotatable bonds is 4. The summed E-state index contributed by atoms with van der Waals surface area (Å²) in [4.78, 5) is 15.5. The maximum absolute atomic E-state index is 12.8. The summed E-state index contributed by atoms with van der Waals surface area (Å²) in [6.07, 6.45) is 0.250. The number of carboxylic acid groups (broad SMARTS) is 1. The first-order chi connectivity index (χ1) is 8.61. The molecule has 1 heterocycles. The lowest BCUT2D eigenvalue weighted by atomic mass is 10.2. The molecule has 0 bridgehead atoms. The molecular weight excluding hydrogens is 257 g/mol. The van der Waals surface area contributed by atoms with Crippen molar-refractivity contribution in [3.05, 3.63) is 40.7 Å². The molecule has 0 fully saturated rings. The summed E-state index contributed by atoms with van der Waals surface area (Å²) in [6, 6.07) is 5.68. The first kappa shape index (κ1) is 12.7. The molecule has 1 aromatic carbocycles. The van der Waals surface area contributed by atoms with Crippen LogP contribution in [0.1, 0.15) is 15.4 Å². The van der Waals surface area contributed by atoms with E-state index in [0.717, 1.165) is 0 Å². The van der Waals surface area contributed by atoms with E-state index < -0.39 is 5.97 Å². The number of thiazole rings is 1. The molecule has 6 heteroatoms. The van der Waals surface area contributed by atoms with Crippen molar-refractivity contribution in [3.63, 3.8) is 0 Å². The monoisotopic (exact) mass is 267 g/mol. The number of aromatic carboxylic acids is 1. The van der Waals surface area contributed by atoms with Crippen molar-refractivity contribution < 1.29 is 19.4 Å². The average Bonchev–Trinajstić information content (AvgIpc) is 2.75. The van der Waals surface area contributed by atoms with Gasteiger partial charge in [0.05, 0.1) is 0 Å². The Morgan fingerprint density at radius 3 is 2.56 bits per heavy atom. The minimum atomic E-state index is -1.12. The Labute approximate surface area is 106 Å². The first-order valence-electron chi connectivity index (χ1n) is 5.21. The molecule has 4 nitrogen and oxygen atoms in total. The Hall–Kier alpha value is -1.79. The highest BCUT2D eigenvalue weighted by atomic mass is 32.1. The smallest absolute Gasteiger partial charge is 0.355 e. The van der Waals surface area contributed by atoms with Crippen molar-refractivity contribution in [1.29, 1.82) is 0 Å². The van der Waals surface area contributed by atoms with Crippen LogP contribution in [0.25, 0.3) is 10.6 Å². The van der Waals surface area contributed by atoms with E-state index >= 15 is 0 Å². The van der Waals surface area contributed by atoms with Gasteiger partial charge in [0.15, 0.2) is 5.69 Å². The highest BCUT2D eigenvalue weighted by Gasteiger charge is 2.17. The van der Waals surface area contributed by atoms with Crippen molar-refractivity contribution in [2.24, 2.45) is 0 Å². The van der Waals surface area contributed by atoms with Gasteiger partial charge in [-0.15, -0.1) is 11.3 Å². The van der Waals surface area contributed by atoms with Crippen LogP contribution in [0.15, 0.2) is 24.3 Å². The van der Waals surface area contributed by atoms with Crippen molar-refractivity contribution >= 4 is 17.3 Å². The number of aliphatic hydroxyl groups excluding tert-OH is 1. The average molecular weight is 267 g/mol. The third-order valence-electron chi connectivity index (χ3n) is 2.33. The zero-order valence-electron chi connectivity index (χ0n) is 9.26. The van der Waals surface area contributed by atoms with E-state index in [9.17, 15) is 9.18 Å². The number of nitrogens with zero attached hydrogens (tertiary/aromatic N) is 1. The molecule has 1 aromatic heterocycles. The fourth-order valence-corrected chi connectivity index (χ4v) is 2.55. The number of aliphatic hydroxyl groups is 1. The lowest BCUT2D eigenvalue weighted by Crippen LogP contribution is -2.02. The number of hydrogen-bond acceptors (Lipinski definition) is 4. The normalized spacial score (nSPS) is 10.6. The fourth-order valence-electron chi connectivity index (χ4n) is 1.51. The highest BCUT2D eigenvalue weighted by molar-refractivity contribution is 7.15. The van der Waals surface area contributed by atoms with Crippen LogP contribution in [0.2, 0.25) is 0 Å². The maximum Gasteiger partial charge on any atom is 0.355 e. The molecule has 0 spiro atoms. The molecule has 2 N–H and O–H groups in total. The van der Waals surface area contributed by atoms with Gasteiger partial charge in [-0.1, -0.05) is 0 Å². The van der Waals surface area contributed by atoms with Crippen LogP contribution in [-0.2, 0) is 6.42 Å². The van der Waals surface area contributed by atoms with Crippen LogP contribution >= 0.6 is 11.3 Å². The van der Waals surface area contributed by atoms with Crippen LogP contribution in [-0.4, -0.2) is 27.8 Å². The SMILES string of the molecule is O=C(O)c1nc(-c2ccc(F)cc2)sc1CCO. The molecule has 0 unspecified atom stereocenters. The largest absolute Gasteiger partial charge is 0.476 e. The van der Waals surface area contributed by atoms with E-state index in [0.29, 0.717) is 15.4 Å². The molecule has 0 radical (unpaired) electrons. The second-order valence-electron chi connectivity index (χ2n) is 3.58. The summed E-state index contributed by atoms with van der Waals surface area (Å²) >= 11 is 1.20. The highest BCUT2D eigenvalue weighted by Crippen LogP contribution is 2.28. The Morgan fingerprint density at radius 2 is 2.00 bits per heavy atom. The van der Waals surface area contributed by atoms with Crippen molar-refractivity contribution in [2.45, 2.75) is 6.42 Å². The Morgan fingerprint density at radius 1 is 1.33 bits per heavy atom. The van der Waals surface area contributed by atoms with Gasteiger partial charge in [0.25, 0.3) is 0 Å². The number of benzene rings is 1. The number of carbonyl (C=O) groups is 1. The molecular formula is C12H10FNO3S. The van der Waals surface area contributed by atoms with Gasteiger partial charge in [-0.25, -0.2) is 14.2 Å². The minimum absolute atomic E-state index is 0.0478. The van der Waals surface area contributed by atoms with Gasteiger partial charge >= 0.3 is 5.97 Å². The third kappa shape index (κ3) is 2.55. The Bertz CT molecular complexity index is 565. The van der Waals surface area contributed by atoms with Crippen LogP contribution < -0.4 is 0 Å². The van der Waals surface area contributed by atoms with Gasteiger partial charge in [-0.05, 0) is 24.3 Å². The van der Waals surface area contributed by atoms with E-state index in [2.05, 4.69) is 4.98 Å². The van der Waals surface area contributed by atoms with Crippen LogP contribution in [0.5, 0.6) is 0 Å². The number of carboxylic acids is 1. The van der Waals surface area contributed by atoms with Crippen LogP contribution in [0.3, 0.4) is 0 Å². The van der Waals surface area contributed by atoms with E-state index in [1.54, 1.807) is 12.1 Å². The van der Waals surface area contributed by atoms with Crippen molar-refractivity contribution in [3.8, 4) is 10.6 Å². The summed E-state index contributed by atoms with van der Waals surface area (Å²) in [5, 5.41) is 18.4. The molecule has 0 aliphatic heterocycles. The summed E-state index contributed by atoms with van der Waals surface area (Å²) < 4.78 is 12.8. The lowest BCUT2D eigenvalue weighted by Gasteiger charge is -1.94. The van der Waals surface area contributed by atoms with Gasteiger partial charge in [0.1, 0.15) is 10.8 Å². The third-order valence-corrected chi connectivity index (χ3v) is 3.49. The zero-order valence-corrected chi connectivity index (χ0v) is 10.1. The summed E-state index contributed by atoms with van der Waals surface area (Å²) in [6.45, 7) is -0.134. The quantitative estimate of drug-likeness (QED) is 0.890. The van der Waals surface area contributed by atoms with Crippen molar-refractivity contribution in [1.82, 2.24) is 4.98 Å². The number of hydrogen-bond donors (Lipinski definition) is 2. The van der Waals surface area contributed by atoms with Crippen LogP contribution in [0, 0.1) is 5.82 Å². The van der Waals surface area contributed by atoms with E-state index in [1.807, 2.05) is 0 Å². The molecule has 0 aliphatic rings. The molecule has 94 valence electrons.